The van der Waals surface area contributed by atoms with Gasteiger partial charge in [-0.2, -0.15) is 0 Å². The van der Waals surface area contributed by atoms with E-state index in [4.69, 9.17) is 4.74 Å². The second-order valence-electron chi connectivity index (χ2n) is 10.4. The molecule has 1 aromatic carbocycles. The summed E-state index contributed by atoms with van der Waals surface area (Å²) in [5, 5.41) is 2.14. The van der Waals surface area contributed by atoms with Crippen molar-refractivity contribution in [3.05, 3.63) is 60.8 Å². The maximum atomic E-state index is 13.4. The number of ether oxygens (including phenoxy) is 1. The Bertz CT molecular complexity index is 1520. The number of hydrogen-bond acceptors (Lipinski definition) is 6. The number of rotatable bonds is 7. The molecule has 2 saturated heterocycles. The van der Waals surface area contributed by atoms with E-state index in [0.29, 0.717) is 25.4 Å². The SMILES string of the molecule is O=S(=O)(CC1CCN(c2cc[nH]c3cnc4nccc4c23)CC1)N1CCCC(COc2ccc(F)cc2)C1. The summed E-state index contributed by atoms with van der Waals surface area (Å²) in [5.41, 5.74) is 2.85. The first kappa shape index (κ1) is 25.1. The standard InChI is InChI=1S/C28H32FN5O3S/c29-22-3-5-23(6-4-22)37-18-21-2-1-13-34(17-21)38(35,36)19-20-9-14-33(15-10-20)26-8-12-30-25-16-32-28-24(27(25)26)7-11-31-28/h3-8,11-12,16,20-21,30H,1-2,9-10,13-15,17-19H2. The number of fused-ring (bicyclic) bond motifs is 3. The van der Waals surface area contributed by atoms with Gasteiger partial charge in [0, 0.05) is 61.0 Å². The van der Waals surface area contributed by atoms with Gasteiger partial charge in [-0.15, -0.1) is 0 Å². The van der Waals surface area contributed by atoms with Crippen molar-refractivity contribution in [3.63, 3.8) is 0 Å². The van der Waals surface area contributed by atoms with Crippen LogP contribution in [0.4, 0.5) is 10.1 Å². The molecule has 200 valence electrons. The molecule has 1 unspecified atom stereocenters. The van der Waals surface area contributed by atoms with Crippen molar-refractivity contribution in [3.8, 4) is 5.75 Å². The monoisotopic (exact) mass is 537 g/mol. The van der Waals surface area contributed by atoms with Crippen molar-refractivity contribution < 1.29 is 17.5 Å². The Morgan fingerprint density at radius 1 is 1.00 bits per heavy atom. The minimum absolute atomic E-state index is 0.130. The lowest BCUT2D eigenvalue weighted by atomic mass is 9.98. The van der Waals surface area contributed by atoms with Gasteiger partial charge in [0.1, 0.15) is 11.6 Å². The summed E-state index contributed by atoms with van der Waals surface area (Å²) in [4.78, 5) is 14.4. The molecule has 0 spiro atoms. The third-order valence-corrected chi connectivity index (χ3v) is 9.86. The molecule has 2 aliphatic heterocycles. The summed E-state index contributed by atoms with van der Waals surface area (Å²) >= 11 is 0. The molecule has 2 fully saturated rings. The number of pyridine rings is 2. The molecule has 1 atom stereocenters. The molecule has 8 nitrogen and oxygen atoms in total. The van der Waals surface area contributed by atoms with Gasteiger partial charge in [0.15, 0.2) is 5.65 Å². The predicted molar refractivity (Wildman–Crippen MR) is 146 cm³/mol. The molecule has 0 radical (unpaired) electrons. The number of benzene rings is 1. The molecule has 0 amide bonds. The van der Waals surface area contributed by atoms with Crippen LogP contribution in [0.25, 0.3) is 21.9 Å². The number of nitrogens with one attached hydrogen (secondary N) is 1. The Hall–Kier alpha value is -3.24. The third-order valence-electron chi connectivity index (χ3n) is 7.85. The molecule has 4 aromatic rings. The maximum absolute atomic E-state index is 13.4. The second kappa shape index (κ2) is 10.5. The summed E-state index contributed by atoms with van der Waals surface area (Å²) in [7, 11) is -3.35. The van der Waals surface area contributed by atoms with Gasteiger partial charge in [-0.1, -0.05) is 0 Å². The molecule has 5 heterocycles. The summed E-state index contributed by atoms with van der Waals surface area (Å²) in [5.74, 6) is 0.759. The van der Waals surface area contributed by atoms with Crippen LogP contribution in [-0.2, 0) is 10.0 Å². The van der Waals surface area contributed by atoms with Crippen molar-refractivity contribution in [1.82, 2.24) is 19.3 Å². The van der Waals surface area contributed by atoms with Crippen molar-refractivity contribution in [1.29, 1.82) is 0 Å². The maximum Gasteiger partial charge on any atom is 0.214 e. The zero-order valence-electron chi connectivity index (χ0n) is 21.2. The number of sulfonamides is 1. The molecule has 6 rings (SSSR count). The smallest absolute Gasteiger partial charge is 0.214 e. The summed E-state index contributed by atoms with van der Waals surface area (Å²) in [6.07, 6.45) is 8.96. The first-order valence-electron chi connectivity index (χ1n) is 13.3. The van der Waals surface area contributed by atoms with Crippen molar-refractivity contribution in [2.24, 2.45) is 11.8 Å². The molecule has 3 aromatic heterocycles. The number of nitrogens with zero attached hydrogens (tertiary/aromatic N) is 4. The van der Waals surface area contributed by atoms with Gasteiger partial charge >= 0.3 is 0 Å². The number of aromatic amines is 1. The third kappa shape index (κ3) is 5.19. The lowest BCUT2D eigenvalue weighted by Crippen LogP contribution is -2.45. The number of piperidine rings is 2. The highest BCUT2D eigenvalue weighted by molar-refractivity contribution is 7.89. The first-order chi connectivity index (χ1) is 18.5. The molecular formula is C28H32FN5O3S. The molecule has 38 heavy (non-hydrogen) atoms. The van der Waals surface area contributed by atoms with E-state index in [1.165, 1.54) is 12.1 Å². The molecule has 0 bridgehead atoms. The Morgan fingerprint density at radius 2 is 1.82 bits per heavy atom. The topological polar surface area (TPSA) is 91.4 Å². The van der Waals surface area contributed by atoms with Crippen LogP contribution in [0.15, 0.2) is 55.0 Å². The minimum atomic E-state index is -3.35. The zero-order valence-corrected chi connectivity index (χ0v) is 22.0. The quantitative estimate of drug-likeness (QED) is 0.371. The van der Waals surface area contributed by atoms with E-state index in [2.05, 4.69) is 25.9 Å². The summed E-state index contributed by atoms with van der Waals surface area (Å²) in [6, 6.07) is 10.0. The van der Waals surface area contributed by atoms with Crippen LogP contribution in [-0.4, -0.2) is 66.2 Å². The van der Waals surface area contributed by atoms with Crippen molar-refractivity contribution in [2.75, 3.05) is 43.4 Å². The average Bonchev–Trinajstić information content (AvgIpc) is 3.42. The lowest BCUT2D eigenvalue weighted by Gasteiger charge is -2.36. The van der Waals surface area contributed by atoms with Gasteiger partial charge in [0.25, 0.3) is 0 Å². The van der Waals surface area contributed by atoms with Crippen LogP contribution in [0.3, 0.4) is 0 Å². The van der Waals surface area contributed by atoms with Crippen LogP contribution in [0.5, 0.6) is 5.75 Å². The van der Waals surface area contributed by atoms with E-state index in [-0.39, 0.29) is 23.4 Å². The molecule has 2 aliphatic rings. The molecular weight excluding hydrogens is 505 g/mol. The van der Waals surface area contributed by atoms with E-state index in [1.807, 2.05) is 18.5 Å². The van der Waals surface area contributed by atoms with E-state index < -0.39 is 10.0 Å². The highest BCUT2D eigenvalue weighted by Crippen LogP contribution is 2.34. The van der Waals surface area contributed by atoms with Gasteiger partial charge in [-0.05, 0) is 68.0 Å². The fourth-order valence-electron chi connectivity index (χ4n) is 5.81. The van der Waals surface area contributed by atoms with E-state index in [9.17, 15) is 12.8 Å². The average molecular weight is 538 g/mol. The van der Waals surface area contributed by atoms with Gasteiger partial charge < -0.3 is 14.6 Å². The van der Waals surface area contributed by atoms with Crippen LogP contribution in [0.1, 0.15) is 25.7 Å². The zero-order chi connectivity index (χ0) is 26.1. The Labute approximate surface area is 221 Å². The Kier molecular flexibility index (Phi) is 6.92. The lowest BCUT2D eigenvalue weighted by molar-refractivity contribution is 0.179. The number of aromatic nitrogens is 3. The molecule has 0 aliphatic carbocycles. The van der Waals surface area contributed by atoms with Gasteiger partial charge in [0.2, 0.25) is 10.0 Å². The van der Waals surface area contributed by atoms with Gasteiger partial charge in [0.05, 0.1) is 24.1 Å². The fourth-order valence-corrected chi connectivity index (χ4v) is 7.79. The summed E-state index contributed by atoms with van der Waals surface area (Å²) in [6.45, 7) is 3.10. The van der Waals surface area contributed by atoms with Crippen molar-refractivity contribution >= 4 is 37.6 Å². The van der Waals surface area contributed by atoms with Crippen LogP contribution in [0, 0.1) is 17.7 Å². The van der Waals surface area contributed by atoms with Crippen molar-refractivity contribution in [2.45, 2.75) is 25.7 Å². The van der Waals surface area contributed by atoms with E-state index in [1.54, 1.807) is 22.6 Å². The van der Waals surface area contributed by atoms with E-state index in [0.717, 1.165) is 66.4 Å². The highest BCUT2D eigenvalue weighted by atomic mass is 32.2. The van der Waals surface area contributed by atoms with Crippen LogP contribution < -0.4 is 9.64 Å². The largest absolute Gasteiger partial charge is 0.493 e. The molecule has 0 saturated carbocycles. The van der Waals surface area contributed by atoms with Gasteiger partial charge in [-0.3, -0.25) is 0 Å². The Balaban J connectivity index is 1.07. The number of halogens is 1. The van der Waals surface area contributed by atoms with E-state index >= 15 is 0 Å². The normalized spacial score (nSPS) is 19.8. The van der Waals surface area contributed by atoms with Gasteiger partial charge in [-0.25, -0.2) is 27.1 Å². The fraction of sp³-hybridized carbons (Fsp3) is 0.429. The number of anilines is 1. The van der Waals surface area contributed by atoms with Crippen LogP contribution in [0.2, 0.25) is 0 Å². The predicted octanol–water partition coefficient (Wildman–Crippen LogP) is 4.59. The number of hydrogen-bond donors (Lipinski definition) is 1. The Morgan fingerprint density at radius 3 is 2.63 bits per heavy atom. The first-order valence-corrected chi connectivity index (χ1v) is 14.9. The summed E-state index contributed by atoms with van der Waals surface area (Å²) < 4.78 is 47.3. The molecule has 1 N–H and O–H groups in total. The second-order valence-corrected chi connectivity index (χ2v) is 12.4. The number of H-pyrrole nitrogens is 1. The minimum Gasteiger partial charge on any atom is -0.493 e. The molecule has 10 heteroatoms. The highest BCUT2D eigenvalue weighted by Gasteiger charge is 2.33. The van der Waals surface area contributed by atoms with Crippen LogP contribution >= 0.6 is 0 Å².